The second-order valence-corrected chi connectivity index (χ2v) is 4.90. The molecule has 0 bridgehead atoms. The Morgan fingerprint density at radius 2 is 2.19 bits per heavy atom. The van der Waals surface area contributed by atoms with Crippen LogP contribution >= 0.6 is 15.9 Å². The van der Waals surface area contributed by atoms with Crippen molar-refractivity contribution in [2.24, 2.45) is 13.0 Å². The summed E-state index contributed by atoms with van der Waals surface area (Å²) in [6.45, 7) is 1.87. The van der Waals surface area contributed by atoms with Gasteiger partial charge in [-0.3, -0.25) is 4.79 Å². The number of aromatic nitrogens is 2. The fourth-order valence-electron chi connectivity index (χ4n) is 2.00. The monoisotopic (exact) mass is 285 g/mol. The molecule has 0 aliphatic carbocycles. The molecule has 1 saturated heterocycles. The number of halogens is 1. The molecule has 0 radical (unpaired) electrons. The first-order valence-electron chi connectivity index (χ1n) is 5.55. The van der Waals surface area contributed by atoms with Crippen LogP contribution in [0.2, 0.25) is 0 Å². The maximum absolute atomic E-state index is 11.9. The van der Waals surface area contributed by atoms with Crippen molar-refractivity contribution in [2.75, 3.05) is 23.3 Å². The largest absolute Gasteiger partial charge is 0.352 e. The van der Waals surface area contributed by atoms with Gasteiger partial charge >= 0.3 is 0 Å². The Kier molecular flexibility index (Phi) is 3.63. The lowest BCUT2D eigenvalue weighted by Crippen LogP contribution is -2.39. The Hall–Kier alpha value is -0.840. The second kappa shape index (κ2) is 4.99. The lowest BCUT2D eigenvalue weighted by Gasteiger charge is -2.31. The van der Waals surface area contributed by atoms with Gasteiger partial charge < -0.3 is 9.47 Å². The number of rotatable bonds is 2. The molecule has 0 N–H and O–H groups in total. The molecule has 2 heterocycles. The molecule has 16 heavy (non-hydrogen) atoms. The van der Waals surface area contributed by atoms with E-state index in [-0.39, 0.29) is 5.56 Å². The normalized spacial score (nSPS) is 17.8. The number of aryl methyl sites for hydroxylation is 1. The molecule has 5 heteroatoms. The average molecular weight is 286 g/mol. The fourth-order valence-corrected chi connectivity index (χ4v) is 2.65. The van der Waals surface area contributed by atoms with Gasteiger partial charge in [-0.05, 0) is 18.8 Å². The Bertz CT molecular complexity index is 410. The van der Waals surface area contributed by atoms with E-state index < -0.39 is 0 Å². The highest BCUT2D eigenvalue weighted by molar-refractivity contribution is 9.09. The first-order valence-corrected chi connectivity index (χ1v) is 6.67. The van der Waals surface area contributed by atoms with E-state index in [1.807, 2.05) is 0 Å². The fraction of sp³-hybridized carbons (Fsp3) is 0.636. The molecule has 1 aliphatic heterocycles. The molecular formula is C11H16BrN3O. The van der Waals surface area contributed by atoms with Gasteiger partial charge in [-0.2, -0.15) is 0 Å². The van der Waals surface area contributed by atoms with E-state index in [4.69, 9.17) is 0 Å². The third-order valence-electron chi connectivity index (χ3n) is 3.13. The number of hydrogen-bond donors (Lipinski definition) is 0. The zero-order chi connectivity index (χ0) is 11.5. The highest BCUT2D eigenvalue weighted by atomic mass is 79.9. The van der Waals surface area contributed by atoms with E-state index in [9.17, 15) is 4.79 Å². The summed E-state index contributed by atoms with van der Waals surface area (Å²) in [6.07, 6.45) is 5.64. The van der Waals surface area contributed by atoms with Crippen LogP contribution in [0, 0.1) is 5.92 Å². The molecule has 1 aromatic rings. The number of alkyl halides is 1. The first-order chi connectivity index (χ1) is 7.72. The van der Waals surface area contributed by atoms with Gasteiger partial charge in [-0.1, -0.05) is 15.9 Å². The van der Waals surface area contributed by atoms with Crippen LogP contribution in [0.15, 0.2) is 17.2 Å². The molecule has 0 spiro atoms. The highest BCUT2D eigenvalue weighted by Crippen LogP contribution is 2.20. The van der Waals surface area contributed by atoms with Crippen molar-refractivity contribution >= 4 is 21.7 Å². The molecular weight excluding hydrogens is 270 g/mol. The van der Waals surface area contributed by atoms with E-state index in [0.717, 1.165) is 37.2 Å². The molecule has 0 unspecified atom stereocenters. The van der Waals surface area contributed by atoms with Gasteiger partial charge in [-0.15, -0.1) is 0 Å². The van der Waals surface area contributed by atoms with Crippen molar-refractivity contribution in [1.82, 2.24) is 9.55 Å². The molecule has 1 aromatic heterocycles. The minimum absolute atomic E-state index is 0.000192. The van der Waals surface area contributed by atoms with Gasteiger partial charge in [-0.25, -0.2) is 4.98 Å². The Morgan fingerprint density at radius 1 is 1.50 bits per heavy atom. The van der Waals surface area contributed by atoms with E-state index in [1.165, 1.54) is 0 Å². The van der Waals surface area contributed by atoms with Crippen molar-refractivity contribution in [3.63, 3.8) is 0 Å². The van der Waals surface area contributed by atoms with Crippen LogP contribution in [-0.2, 0) is 7.05 Å². The minimum atomic E-state index is -0.000192. The molecule has 4 nitrogen and oxygen atoms in total. The van der Waals surface area contributed by atoms with Crippen molar-refractivity contribution in [2.45, 2.75) is 12.8 Å². The number of hydrogen-bond acceptors (Lipinski definition) is 3. The molecule has 0 amide bonds. The van der Waals surface area contributed by atoms with Crippen LogP contribution in [0.1, 0.15) is 12.8 Å². The van der Waals surface area contributed by atoms with E-state index in [0.29, 0.717) is 5.82 Å². The number of anilines is 1. The summed E-state index contributed by atoms with van der Waals surface area (Å²) in [4.78, 5) is 18.2. The number of piperidine rings is 1. The summed E-state index contributed by atoms with van der Waals surface area (Å²) in [5, 5.41) is 1.06. The Balaban J connectivity index is 2.14. The van der Waals surface area contributed by atoms with Crippen molar-refractivity contribution in [3.8, 4) is 0 Å². The van der Waals surface area contributed by atoms with Gasteiger partial charge in [0.2, 0.25) is 0 Å². The van der Waals surface area contributed by atoms with E-state index in [2.05, 4.69) is 25.8 Å². The van der Waals surface area contributed by atoms with Crippen molar-refractivity contribution < 1.29 is 0 Å². The SMILES string of the molecule is Cn1ccnc(N2CCC(CBr)CC2)c1=O. The van der Waals surface area contributed by atoms with Gasteiger partial charge in [0.15, 0.2) is 5.82 Å². The summed E-state index contributed by atoms with van der Waals surface area (Å²) < 4.78 is 1.58. The topological polar surface area (TPSA) is 38.1 Å². The van der Waals surface area contributed by atoms with Crippen LogP contribution in [0.4, 0.5) is 5.82 Å². The van der Waals surface area contributed by atoms with Gasteiger partial charge in [0.25, 0.3) is 5.56 Å². The van der Waals surface area contributed by atoms with Gasteiger partial charge in [0, 0.05) is 37.9 Å². The average Bonchev–Trinajstić information content (AvgIpc) is 2.33. The van der Waals surface area contributed by atoms with Crippen LogP contribution in [-0.4, -0.2) is 28.0 Å². The standard InChI is InChI=1S/C11H16BrN3O/c1-14-7-4-13-10(11(14)16)15-5-2-9(8-12)3-6-15/h4,7,9H,2-3,5-6,8H2,1H3. The molecule has 1 fully saturated rings. The summed E-state index contributed by atoms with van der Waals surface area (Å²) in [5.41, 5.74) is -0.000192. The van der Waals surface area contributed by atoms with Crippen LogP contribution in [0.5, 0.6) is 0 Å². The number of nitrogens with zero attached hydrogens (tertiary/aromatic N) is 3. The molecule has 0 aromatic carbocycles. The van der Waals surface area contributed by atoms with Crippen molar-refractivity contribution in [3.05, 3.63) is 22.7 Å². The van der Waals surface area contributed by atoms with Gasteiger partial charge in [0.05, 0.1) is 0 Å². The molecule has 0 atom stereocenters. The maximum atomic E-state index is 11.9. The van der Waals surface area contributed by atoms with Gasteiger partial charge in [0.1, 0.15) is 0 Å². The van der Waals surface area contributed by atoms with Crippen molar-refractivity contribution in [1.29, 1.82) is 0 Å². The molecule has 88 valence electrons. The summed E-state index contributed by atoms with van der Waals surface area (Å²) in [7, 11) is 1.76. The van der Waals surface area contributed by atoms with Crippen LogP contribution in [0.3, 0.4) is 0 Å². The molecule has 0 saturated carbocycles. The maximum Gasteiger partial charge on any atom is 0.293 e. The zero-order valence-electron chi connectivity index (χ0n) is 9.40. The smallest absolute Gasteiger partial charge is 0.293 e. The van der Waals surface area contributed by atoms with Crippen LogP contribution < -0.4 is 10.5 Å². The highest BCUT2D eigenvalue weighted by Gasteiger charge is 2.21. The predicted octanol–water partition coefficient (Wildman–Crippen LogP) is 1.39. The second-order valence-electron chi connectivity index (χ2n) is 4.25. The quantitative estimate of drug-likeness (QED) is 0.771. The summed E-state index contributed by atoms with van der Waals surface area (Å²) in [6, 6.07) is 0. The summed E-state index contributed by atoms with van der Waals surface area (Å²) >= 11 is 3.51. The lowest BCUT2D eigenvalue weighted by molar-refractivity contribution is 0.443. The molecule has 2 rings (SSSR count). The lowest BCUT2D eigenvalue weighted by atomic mass is 9.99. The Morgan fingerprint density at radius 3 is 2.81 bits per heavy atom. The minimum Gasteiger partial charge on any atom is -0.352 e. The van der Waals surface area contributed by atoms with E-state index in [1.54, 1.807) is 24.0 Å². The van der Waals surface area contributed by atoms with E-state index >= 15 is 0 Å². The zero-order valence-corrected chi connectivity index (χ0v) is 11.0. The molecule has 1 aliphatic rings. The summed E-state index contributed by atoms with van der Waals surface area (Å²) in [5.74, 6) is 1.34. The third-order valence-corrected chi connectivity index (χ3v) is 4.05. The predicted molar refractivity (Wildman–Crippen MR) is 68.2 cm³/mol. The Labute approximate surface area is 103 Å². The first kappa shape index (κ1) is 11.6. The third kappa shape index (κ3) is 2.29. The van der Waals surface area contributed by atoms with Crippen LogP contribution in [0.25, 0.3) is 0 Å².